The van der Waals surface area contributed by atoms with Crippen molar-refractivity contribution in [2.75, 3.05) is 0 Å². The van der Waals surface area contributed by atoms with Crippen molar-refractivity contribution in [1.29, 1.82) is 0 Å². The first-order chi connectivity index (χ1) is 8.40. The van der Waals surface area contributed by atoms with Gasteiger partial charge >= 0.3 is 41.5 Å². The second kappa shape index (κ2) is 8.44. The number of rotatable bonds is 4. The summed E-state index contributed by atoms with van der Waals surface area (Å²) >= 11 is -2.34. The second-order valence-electron chi connectivity index (χ2n) is 3.35. The van der Waals surface area contributed by atoms with Gasteiger partial charge in [0.15, 0.2) is 0 Å². The quantitative estimate of drug-likeness (QED) is 0.277. The minimum atomic E-state index is -2.34. The Morgan fingerprint density at radius 1 is 1.11 bits per heavy atom. The van der Waals surface area contributed by atoms with Gasteiger partial charge in [0.25, 0.3) is 6.29 Å². The van der Waals surface area contributed by atoms with Crippen LogP contribution in [0.3, 0.4) is 0 Å². The first-order valence-electron chi connectivity index (χ1n) is 4.94. The van der Waals surface area contributed by atoms with Gasteiger partial charge in [-0.05, 0) is 23.2 Å². The molecule has 0 bridgehead atoms. The number of ether oxygens (including phenoxy) is 2. The van der Waals surface area contributed by atoms with E-state index < -0.39 is 29.3 Å². The molecule has 0 saturated carbocycles. The standard InChI is InChI=1S/C11H12O6S.Na/c1-7(12)16-11(17-8(2)13)9-3-5-10(6-4-9)18(14)15;/h3-6,11H,1-2H3,(H,14,15);/q;+1/p-1. The predicted molar refractivity (Wildman–Crippen MR) is 59.9 cm³/mol. The van der Waals surface area contributed by atoms with Crippen molar-refractivity contribution in [3.05, 3.63) is 29.8 Å². The molecule has 1 aromatic carbocycles. The normalized spacial score (nSPS) is 11.4. The Bertz CT molecular complexity index is 457. The summed E-state index contributed by atoms with van der Waals surface area (Å²) in [7, 11) is 0. The Morgan fingerprint density at radius 3 is 1.84 bits per heavy atom. The SMILES string of the molecule is CC(=O)OC(OC(C)=O)c1ccc(S(=O)[O-])cc1.[Na+]. The van der Waals surface area contributed by atoms with E-state index in [1.165, 1.54) is 38.1 Å². The maximum Gasteiger partial charge on any atom is 1.00 e. The van der Waals surface area contributed by atoms with Gasteiger partial charge in [0.05, 0.1) is 0 Å². The molecule has 0 aliphatic heterocycles. The van der Waals surface area contributed by atoms with Gasteiger partial charge in [-0.2, -0.15) is 0 Å². The smallest absolute Gasteiger partial charge is 0.768 e. The molecule has 0 saturated heterocycles. The van der Waals surface area contributed by atoms with Gasteiger partial charge < -0.3 is 14.0 Å². The zero-order valence-corrected chi connectivity index (χ0v) is 13.6. The summed E-state index contributed by atoms with van der Waals surface area (Å²) < 4.78 is 31.0. The summed E-state index contributed by atoms with van der Waals surface area (Å²) in [6, 6.07) is 5.44. The molecule has 0 N–H and O–H groups in total. The number of hydrogen-bond donors (Lipinski definition) is 0. The molecule has 0 amide bonds. The first kappa shape index (κ1) is 18.3. The van der Waals surface area contributed by atoms with Crippen molar-refractivity contribution in [3.8, 4) is 0 Å². The van der Waals surface area contributed by atoms with E-state index in [9.17, 15) is 18.4 Å². The molecular weight excluding hydrogens is 283 g/mol. The number of benzene rings is 1. The van der Waals surface area contributed by atoms with Crippen LogP contribution in [0.4, 0.5) is 0 Å². The molecule has 1 rings (SSSR count). The maximum atomic E-state index is 10.9. The van der Waals surface area contributed by atoms with Crippen molar-refractivity contribution < 1.29 is 57.4 Å². The Morgan fingerprint density at radius 2 is 1.53 bits per heavy atom. The molecule has 1 atom stereocenters. The average molecular weight is 294 g/mol. The zero-order valence-electron chi connectivity index (χ0n) is 10.7. The fourth-order valence-electron chi connectivity index (χ4n) is 1.20. The molecular formula is C11H11NaO6S. The Balaban J connectivity index is 0.00000324. The van der Waals surface area contributed by atoms with Crippen LogP contribution in [0.25, 0.3) is 0 Å². The van der Waals surface area contributed by atoms with E-state index in [1.807, 2.05) is 0 Å². The third-order valence-corrected chi connectivity index (χ3v) is 2.55. The number of hydrogen-bond acceptors (Lipinski definition) is 6. The third-order valence-electron chi connectivity index (χ3n) is 1.89. The van der Waals surface area contributed by atoms with Crippen LogP contribution in [0.15, 0.2) is 29.2 Å². The van der Waals surface area contributed by atoms with Crippen LogP contribution in [0.2, 0.25) is 0 Å². The van der Waals surface area contributed by atoms with E-state index in [1.54, 1.807) is 0 Å². The Labute approximate surface area is 135 Å². The molecule has 19 heavy (non-hydrogen) atoms. The number of carbonyl (C=O) groups is 2. The number of carbonyl (C=O) groups excluding carboxylic acids is 2. The largest absolute Gasteiger partial charge is 1.00 e. The van der Waals surface area contributed by atoms with Crippen molar-refractivity contribution >= 4 is 23.0 Å². The molecule has 6 nitrogen and oxygen atoms in total. The van der Waals surface area contributed by atoms with Crippen LogP contribution < -0.4 is 29.6 Å². The van der Waals surface area contributed by atoms with Gasteiger partial charge in [0.1, 0.15) is 0 Å². The summed E-state index contributed by atoms with van der Waals surface area (Å²) in [6.07, 6.45) is -1.17. The monoisotopic (exact) mass is 294 g/mol. The van der Waals surface area contributed by atoms with Gasteiger partial charge in [-0.15, -0.1) is 0 Å². The van der Waals surface area contributed by atoms with Crippen molar-refractivity contribution in [3.63, 3.8) is 0 Å². The molecule has 0 heterocycles. The molecule has 0 aliphatic carbocycles. The summed E-state index contributed by atoms with van der Waals surface area (Å²) in [5.74, 6) is -1.23. The van der Waals surface area contributed by atoms with E-state index in [0.29, 0.717) is 5.56 Å². The summed E-state index contributed by atoms with van der Waals surface area (Å²) in [6.45, 7) is 2.36. The minimum absolute atomic E-state index is 0. The van der Waals surface area contributed by atoms with Gasteiger partial charge in [-0.25, -0.2) is 0 Å². The van der Waals surface area contributed by atoms with Gasteiger partial charge in [0.2, 0.25) is 0 Å². The molecule has 0 aliphatic rings. The fraction of sp³-hybridized carbons (Fsp3) is 0.273. The van der Waals surface area contributed by atoms with Crippen molar-refractivity contribution in [2.24, 2.45) is 0 Å². The van der Waals surface area contributed by atoms with E-state index in [0.717, 1.165) is 0 Å². The van der Waals surface area contributed by atoms with Crippen LogP contribution in [0.1, 0.15) is 25.7 Å². The van der Waals surface area contributed by atoms with Crippen LogP contribution in [-0.4, -0.2) is 20.7 Å². The summed E-state index contributed by atoms with van der Waals surface area (Å²) in [5.41, 5.74) is 0.370. The predicted octanol–water partition coefficient (Wildman–Crippen LogP) is -1.95. The van der Waals surface area contributed by atoms with E-state index in [2.05, 4.69) is 0 Å². The first-order valence-corrected chi connectivity index (χ1v) is 6.01. The second-order valence-corrected chi connectivity index (χ2v) is 4.30. The Kier molecular flexibility index (Phi) is 8.12. The molecule has 98 valence electrons. The zero-order chi connectivity index (χ0) is 13.7. The fourth-order valence-corrected chi connectivity index (χ4v) is 1.56. The minimum Gasteiger partial charge on any atom is -0.768 e. The average Bonchev–Trinajstić information content (AvgIpc) is 2.27. The number of esters is 2. The maximum absolute atomic E-state index is 10.9. The molecule has 8 heteroatoms. The molecule has 1 aromatic rings. The van der Waals surface area contributed by atoms with Crippen LogP contribution in [0, 0.1) is 0 Å². The molecule has 0 radical (unpaired) electrons. The Hall–Kier alpha value is -0.730. The van der Waals surface area contributed by atoms with Crippen molar-refractivity contribution in [2.45, 2.75) is 25.0 Å². The van der Waals surface area contributed by atoms with Crippen molar-refractivity contribution in [1.82, 2.24) is 0 Å². The third kappa shape index (κ3) is 6.31. The van der Waals surface area contributed by atoms with Crippen LogP contribution >= 0.6 is 0 Å². The van der Waals surface area contributed by atoms with Gasteiger partial charge in [-0.3, -0.25) is 13.8 Å². The molecule has 0 spiro atoms. The van der Waals surface area contributed by atoms with E-state index in [-0.39, 0.29) is 34.5 Å². The molecule has 0 fully saturated rings. The topological polar surface area (TPSA) is 92.7 Å². The van der Waals surface area contributed by atoms with E-state index >= 15 is 0 Å². The van der Waals surface area contributed by atoms with E-state index in [4.69, 9.17) is 9.47 Å². The molecule has 1 unspecified atom stereocenters. The summed E-state index contributed by atoms with van der Waals surface area (Å²) in [4.78, 5) is 21.8. The van der Waals surface area contributed by atoms with Gasteiger partial charge in [-0.1, -0.05) is 12.1 Å². The van der Waals surface area contributed by atoms with Gasteiger partial charge in [0, 0.05) is 24.3 Å². The molecule has 0 aromatic heterocycles. The summed E-state index contributed by atoms with van der Waals surface area (Å²) in [5, 5.41) is 0. The van der Waals surface area contributed by atoms with Crippen LogP contribution in [0.5, 0.6) is 0 Å². The van der Waals surface area contributed by atoms with Crippen LogP contribution in [-0.2, 0) is 30.1 Å².